The quantitative estimate of drug-likeness (QED) is 0.706. The first-order valence-corrected chi connectivity index (χ1v) is 7.04. The van der Waals surface area contributed by atoms with Gasteiger partial charge < -0.3 is 5.32 Å². The second-order valence-electron chi connectivity index (χ2n) is 5.09. The SMILES string of the molecule is C=CCN(CC=C)C(CNc1nccnc1C#N)C(C)C. The molecule has 1 atom stereocenters. The molecule has 112 valence electrons. The summed E-state index contributed by atoms with van der Waals surface area (Å²) in [6.07, 6.45) is 6.88. The van der Waals surface area contributed by atoms with Crippen LogP contribution in [0.4, 0.5) is 5.82 Å². The third kappa shape index (κ3) is 5.01. The average molecular weight is 285 g/mol. The van der Waals surface area contributed by atoms with Gasteiger partial charge in [-0.2, -0.15) is 5.26 Å². The summed E-state index contributed by atoms with van der Waals surface area (Å²) in [5.41, 5.74) is 0.319. The van der Waals surface area contributed by atoms with Crippen molar-refractivity contribution in [2.45, 2.75) is 19.9 Å². The van der Waals surface area contributed by atoms with Crippen LogP contribution in [0.2, 0.25) is 0 Å². The normalized spacial score (nSPS) is 12.0. The highest BCUT2D eigenvalue weighted by Gasteiger charge is 2.20. The molecule has 0 saturated heterocycles. The fourth-order valence-electron chi connectivity index (χ4n) is 2.21. The van der Waals surface area contributed by atoms with Gasteiger partial charge in [-0.3, -0.25) is 4.90 Å². The smallest absolute Gasteiger partial charge is 0.182 e. The number of hydrogen-bond acceptors (Lipinski definition) is 5. The Bertz CT molecular complexity index is 494. The van der Waals surface area contributed by atoms with E-state index in [4.69, 9.17) is 5.26 Å². The third-order valence-corrected chi connectivity index (χ3v) is 3.25. The van der Waals surface area contributed by atoms with Gasteiger partial charge in [-0.1, -0.05) is 26.0 Å². The van der Waals surface area contributed by atoms with E-state index >= 15 is 0 Å². The Morgan fingerprint density at radius 3 is 2.43 bits per heavy atom. The zero-order valence-corrected chi connectivity index (χ0v) is 12.8. The van der Waals surface area contributed by atoms with Gasteiger partial charge in [0.05, 0.1) is 0 Å². The summed E-state index contributed by atoms with van der Waals surface area (Å²) in [7, 11) is 0. The van der Waals surface area contributed by atoms with Gasteiger partial charge >= 0.3 is 0 Å². The molecule has 5 heteroatoms. The fourth-order valence-corrected chi connectivity index (χ4v) is 2.21. The summed E-state index contributed by atoms with van der Waals surface area (Å²) >= 11 is 0. The molecule has 0 aromatic carbocycles. The predicted molar refractivity (Wildman–Crippen MR) is 85.8 cm³/mol. The van der Waals surface area contributed by atoms with Gasteiger partial charge in [0.1, 0.15) is 6.07 Å². The van der Waals surface area contributed by atoms with E-state index in [1.54, 1.807) is 6.20 Å². The predicted octanol–water partition coefficient (Wildman–Crippen LogP) is 2.46. The Balaban J connectivity index is 2.81. The minimum atomic E-state index is 0.287. The molecule has 1 rings (SSSR count). The molecule has 1 unspecified atom stereocenters. The van der Waals surface area contributed by atoms with E-state index in [2.05, 4.69) is 47.2 Å². The molecule has 0 aliphatic rings. The minimum absolute atomic E-state index is 0.287. The van der Waals surface area contributed by atoms with Crippen molar-refractivity contribution in [1.82, 2.24) is 14.9 Å². The molecule has 0 saturated carbocycles. The maximum absolute atomic E-state index is 9.04. The summed E-state index contributed by atoms with van der Waals surface area (Å²) in [5, 5.41) is 12.3. The molecule has 5 nitrogen and oxygen atoms in total. The molecule has 1 heterocycles. The summed E-state index contributed by atoms with van der Waals surface area (Å²) in [4.78, 5) is 10.5. The summed E-state index contributed by atoms with van der Waals surface area (Å²) in [6.45, 7) is 14.2. The number of nitrogens with one attached hydrogen (secondary N) is 1. The molecule has 0 aliphatic heterocycles. The van der Waals surface area contributed by atoms with Crippen molar-refractivity contribution in [2.75, 3.05) is 25.0 Å². The van der Waals surface area contributed by atoms with Gasteiger partial charge in [-0.15, -0.1) is 13.2 Å². The van der Waals surface area contributed by atoms with Gasteiger partial charge in [-0.25, -0.2) is 9.97 Å². The number of rotatable bonds is 9. The summed E-state index contributed by atoms with van der Waals surface area (Å²) in [6, 6.07) is 2.33. The third-order valence-electron chi connectivity index (χ3n) is 3.25. The first-order valence-electron chi connectivity index (χ1n) is 7.04. The lowest BCUT2D eigenvalue weighted by Crippen LogP contribution is -2.44. The lowest BCUT2D eigenvalue weighted by molar-refractivity contribution is 0.199. The minimum Gasteiger partial charge on any atom is -0.366 e. The van der Waals surface area contributed by atoms with Crippen molar-refractivity contribution in [3.63, 3.8) is 0 Å². The lowest BCUT2D eigenvalue weighted by atomic mass is 10.0. The van der Waals surface area contributed by atoms with Gasteiger partial charge in [0.15, 0.2) is 11.5 Å². The van der Waals surface area contributed by atoms with Crippen molar-refractivity contribution < 1.29 is 0 Å². The highest BCUT2D eigenvalue weighted by Crippen LogP contribution is 2.14. The number of hydrogen-bond donors (Lipinski definition) is 1. The monoisotopic (exact) mass is 285 g/mol. The zero-order chi connectivity index (χ0) is 15.7. The van der Waals surface area contributed by atoms with Gasteiger partial charge in [0.25, 0.3) is 0 Å². The van der Waals surface area contributed by atoms with E-state index in [9.17, 15) is 0 Å². The zero-order valence-electron chi connectivity index (χ0n) is 12.8. The van der Waals surface area contributed by atoms with E-state index in [1.807, 2.05) is 18.2 Å². The van der Waals surface area contributed by atoms with Crippen LogP contribution in [0.5, 0.6) is 0 Å². The molecule has 0 fully saturated rings. The molecule has 0 radical (unpaired) electrons. The maximum Gasteiger partial charge on any atom is 0.182 e. The topological polar surface area (TPSA) is 64.8 Å². The average Bonchev–Trinajstić information content (AvgIpc) is 2.48. The Kier molecular flexibility index (Phi) is 7.13. The van der Waals surface area contributed by atoms with Crippen molar-refractivity contribution in [3.05, 3.63) is 43.4 Å². The molecule has 21 heavy (non-hydrogen) atoms. The highest BCUT2D eigenvalue weighted by molar-refractivity contribution is 5.46. The van der Waals surface area contributed by atoms with E-state index in [0.717, 1.165) is 13.1 Å². The maximum atomic E-state index is 9.04. The van der Waals surface area contributed by atoms with Crippen LogP contribution >= 0.6 is 0 Å². The standard InChI is InChI=1S/C16H23N5/c1-5-9-21(10-6-2)15(13(3)4)12-20-16-14(11-17)18-7-8-19-16/h5-8,13,15H,1-2,9-10,12H2,3-4H3,(H,19,20). The van der Waals surface area contributed by atoms with Crippen LogP contribution in [-0.2, 0) is 0 Å². The summed E-state index contributed by atoms with van der Waals surface area (Å²) < 4.78 is 0. The molecular formula is C16H23N5. The number of nitriles is 1. The Labute approximate surface area is 127 Å². The Morgan fingerprint density at radius 2 is 1.90 bits per heavy atom. The second kappa shape index (κ2) is 8.88. The van der Waals surface area contributed by atoms with Gasteiger partial charge in [-0.05, 0) is 5.92 Å². The number of aromatic nitrogens is 2. The number of anilines is 1. The molecule has 0 amide bonds. The van der Waals surface area contributed by atoms with Crippen molar-refractivity contribution in [3.8, 4) is 6.07 Å². The van der Waals surface area contributed by atoms with E-state index < -0.39 is 0 Å². The molecule has 1 aromatic heterocycles. The van der Waals surface area contributed by atoms with Crippen LogP contribution < -0.4 is 5.32 Å². The lowest BCUT2D eigenvalue weighted by Gasteiger charge is -2.33. The summed E-state index contributed by atoms with van der Waals surface area (Å²) in [5.74, 6) is 0.974. The Hall–Kier alpha value is -2.19. The van der Waals surface area contributed by atoms with Crippen molar-refractivity contribution in [2.24, 2.45) is 5.92 Å². The molecular weight excluding hydrogens is 262 g/mol. The van der Waals surface area contributed by atoms with Crippen LogP contribution in [0.25, 0.3) is 0 Å². The van der Waals surface area contributed by atoms with Crippen LogP contribution in [0.15, 0.2) is 37.7 Å². The molecule has 0 bridgehead atoms. The second-order valence-corrected chi connectivity index (χ2v) is 5.09. The van der Waals surface area contributed by atoms with Gasteiger partial charge in [0, 0.05) is 38.1 Å². The highest BCUT2D eigenvalue weighted by atomic mass is 15.2. The number of nitrogens with zero attached hydrogens (tertiary/aromatic N) is 4. The van der Waals surface area contributed by atoms with E-state index in [-0.39, 0.29) is 6.04 Å². The molecule has 1 N–H and O–H groups in total. The first kappa shape index (κ1) is 16.9. The van der Waals surface area contributed by atoms with Crippen LogP contribution in [0, 0.1) is 17.2 Å². The van der Waals surface area contributed by atoms with Crippen molar-refractivity contribution in [1.29, 1.82) is 5.26 Å². The largest absolute Gasteiger partial charge is 0.366 e. The molecule has 0 spiro atoms. The van der Waals surface area contributed by atoms with Crippen LogP contribution in [-0.4, -0.2) is 40.5 Å². The van der Waals surface area contributed by atoms with E-state index in [1.165, 1.54) is 6.20 Å². The first-order chi connectivity index (χ1) is 10.1. The molecule has 0 aliphatic carbocycles. The van der Waals surface area contributed by atoms with E-state index in [0.29, 0.717) is 24.0 Å². The van der Waals surface area contributed by atoms with Crippen molar-refractivity contribution >= 4 is 5.82 Å². The van der Waals surface area contributed by atoms with Gasteiger partial charge in [0.2, 0.25) is 0 Å². The molecule has 1 aromatic rings. The van der Waals surface area contributed by atoms with Crippen LogP contribution in [0.1, 0.15) is 19.5 Å². The fraction of sp³-hybridized carbons (Fsp3) is 0.438. The Morgan fingerprint density at radius 1 is 1.29 bits per heavy atom. The van der Waals surface area contributed by atoms with Crippen LogP contribution in [0.3, 0.4) is 0 Å².